The fraction of sp³-hybridized carbons (Fsp3) is 0.160. The first-order chi connectivity index (χ1) is 15.9. The van der Waals surface area contributed by atoms with Crippen LogP contribution in [0.5, 0.6) is 0 Å². The molecular weight excluding hydrogens is 480 g/mol. The number of fused-ring (bicyclic) bond motifs is 3. The van der Waals surface area contributed by atoms with Gasteiger partial charge < -0.3 is 5.11 Å². The SMILES string of the molecule is Cn1ncc2cc(Br)ccc21.Cn1ncc2cc(C(O)c3ccc4c(cnn4C)c3)ccc21. The third-order valence-corrected chi connectivity index (χ3v) is 6.37. The Hall–Kier alpha value is -3.49. The van der Waals surface area contributed by atoms with Gasteiger partial charge in [0.1, 0.15) is 6.10 Å². The van der Waals surface area contributed by atoms with Gasteiger partial charge in [-0.25, -0.2) is 0 Å². The van der Waals surface area contributed by atoms with Crippen LogP contribution in [0.15, 0.2) is 77.7 Å². The van der Waals surface area contributed by atoms with E-state index in [2.05, 4.69) is 37.3 Å². The van der Waals surface area contributed by atoms with Crippen LogP contribution in [0.2, 0.25) is 0 Å². The van der Waals surface area contributed by atoms with Crippen molar-refractivity contribution in [2.24, 2.45) is 21.1 Å². The molecule has 3 heterocycles. The van der Waals surface area contributed by atoms with Gasteiger partial charge in [0.05, 0.1) is 35.1 Å². The van der Waals surface area contributed by atoms with Crippen molar-refractivity contribution in [2.45, 2.75) is 6.10 Å². The molecule has 0 amide bonds. The number of halogens is 1. The second kappa shape index (κ2) is 8.46. The number of aromatic nitrogens is 6. The Morgan fingerprint density at radius 2 is 1.03 bits per heavy atom. The molecule has 3 aromatic carbocycles. The second-order valence-corrected chi connectivity index (χ2v) is 8.96. The van der Waals surface area contributed by atoms with E-state index in [0.29, 0.717) is 0 Å². The molecule has 0 fully saturated rings. The number of nitrogens with zero attached hydrogens (tertiary/aromatic N) is 6. The number of aryl methyl sites for hydroxylation is 3. The zero-order chi connectivity index (χ0) is 23.1. The number of benzene rings is 3. The normalized spacial score (nSPS) is 11.5. The van der Waals surface area contributed by atoms with Crippen LogP contribution in [0.25, 0.3) is 32.7 Å². The molecule has 0 spiro atoms. The summed E-state index contributed by atoms with van der Waals surface area (Å²) in [5.41, 5.74) is 5.00. The van der Waals surface area contributed by atoms with E-state index in [1.807, 2.05) is 102 Å². The summed E-state index contributed by atoms with van der Waals surface area (Å²) in [5, 5.41) is 26.5. The van der Waals surface area contributed by atoms with Crippen molar-refractivity contribution < 1.29 is 5.11 Å². The monoisotopic (exact) mass is 502 g/mol. The predicted molar refractivity (Wildman–Crippen MR) is 134 cm³/mol. The molecular formula is C25H23BrN6O. The maximum absolute atomic E-state index is 10.7. The summed E-state index contributed by atoms with van der Waals surface area (Å²) in [5.74, 6) is 0. The van der Waals surface area contributed by atoms with E-state index in [1.54, 1.807) is 0 Å². The summed E-state index contributed by atoms with van der Waals surface area (Å²) in [6.07, 6.45) is 4.83. The van der Waals surface area contributed by atoms with Crippen LogP contribution in [0.3, 0.4) is 0 Å². The van der Waals surface area contributed by atoms with Crippen LogP contribution in [0, 0.1) is 0 Å². The molecule has 0 atom stereocenters. The maximum atomic E-state index is 10.7. The molecule has 0 radical (unpaired) electrons. The molecule has 0 unspecified atom stereocenters. The van der Waals surface area contributed by atoms with Gasteiger partial charge in [0, 0.05) is 41.8 Å². The van der Waals surface area contributed by atoms with Gasteiger partial charge in [-0.2, -0.15) is 15.3 Å². The Bertz CT molecular complexity index is 1520. The molecule has 0 saturated heterocycles. The Balaban J connectivity index is 0.000000174. The smallest absolute Gasteiger partial charge is 0.104 e. The van der Waals surface area contributed by atoms with Gasteiger partial charge in [0.2, 0.25) is 0 Å². The van der Waals surface area contributed by atoms with E-state index in [-0.39, 0.29) is 0 Å². The summed E-state index contributed by atoms with van der Waals surface area (Å²) in [6.45, 7) is 0. The highest BCUT2D eigenvalue weighted by Gasteiger charge is 2.13. The lowest BCUT2D eigenvalue weighted by atomic mass is 9.99. The van der Waals surface area contributed by atoms with Crippen LogP contribution >= 0.6 is 15.9 Å². The van der Waals surface area contributed by atoms with E-state index < -0.39 is 6.10 Å². The van der Waals surface area contributed by atoms with Gasteiger partial charge in [0.15, 0.2) is 0 Å². The van der Waals surface area contributed by atoms with Gasteiger partial charge in [-0.1, -0.05) is 28.1 Å². The highest BCUT2D eigenvalue weighted by Crippen LogP contribution is 2.27. The molecule has 1 N–H and O–H groups in total. The molecule has 33 heavy (non-hydrogen) atoms. The first-order valence-corrected chi connectivity index (χ1v) is 11.3. The Morgan fingerprint density at radius 3 is 1.48 bits per heavy atom. The number of aliphatic hydroxyl groups excluding tert-OH is 1. The first-order valence-electron chi connectivity index (χ1n) is 10.5. The third-order valence-electron chi connectivity index (χ3n) is 5.88. The molecule has 6 rings (SSSR count). The summed E-state index contributed by atoms with van der Waals surface area (Å²) >= 11 is 3.40. The van der Waals surface area contributed by atoms with Crippen LogP contribution in [-0.2, 0) is 21.1 Å². The van der Waals surface area contributed by atoms with Crippen molar-refractivity contribution in [3.63, 3.8) is 0 Å². The molecule has 7 nitrogen and oxygen atoms in total. The van der Waals surface area contributed by atoms with Crippen LogP contribution < -0.4 is 0 Å². The van der Waals surface area contributed by atoms with Crippen LogP contribution in [-0.4, -0.2) is 34.4 Å². The minimum Gasteiger partial charge on any atom is -0.384 e. The molecule has 0 saturated carbocycles. The third kappa shape index (κ3) is 4.03. The average Bonchev–Trinajstić information content (AvgIpc) is 3.50. The highest BCUT2D eigenvalue weighted by molar-refractivity contribution is 9.10. The lowest BCUT2D eigenvalue weighted by Crippen LogP contribution is -2.00. The van der Waals surface area contributed by atoms with E-state index in [4.69, 9.17) is 0 Å². The fourth-order valence-electron chi connectivity index (χ4n) is 4.03. The van der Waals surface area contributed by atoms with Crippen LogP contribution in [0.4, 0.5) is 0 Å². The van der Waals surface area contributed by atoms with Gasteiger partial charge >= 0.3 is 0 Å². The largest absolute Gasteiger partial charge is 0.384 e. The summed E-state index contributed by atoms with van der Waals surface area (Å²) in [4.78, 5) is 0. The fourth-order valence-corrected chi connectivity index (χ4v) is 4.41. The van der Waals surface area contributed by atoms with Crippen molar-refractivity contribution >= 4 is 48.6 Å². The molecule has 166 valence electrons. The van der Waals surface area contributed by atoms with Crippen molar-refractivity contribution in [3.8, 4) is 0 Å². The zero-order valence-corrected chi connectivity index (χ0v) is 20.1. The predicted octanol–water partition coefficient (Wildman–Crippen LogP) is 4.88. The minimum atomic E-state index is -0.658. The van der Waals surface area contributed by atoms with Gasteiger partial charge in [-0.3, -0.25) is 14.0 Å². The van der Waals surface area contributed by atoms with E-state index in [1.165, 1.54) is 5.39 Å². The van der Waals surface area contributed by atoms with Crippen molar-refractivity contribution in [3.05, 3.63) is 88.8 Å². The number of hydrogen-bond acceptors (Lipinski definition) is 4. The molecule has 0 aliphatic rings. The number of aliphatic hydroxyl groups is 1. The Kier molecular flexibility index (Phi) is 5.47. The average molecular weight is 503 g/mol. The van der Waals surface area contributed by atoms with Crippen molar-refractivity contribution in [2.75, 3.05) is 0 Å². The summed E-state index contributed by atoms with van der Waals surface area (Å²) in [6, 6.07) is 18.0. The first kappa shape index (κ1) is 21.4. The van der Waals surface area contributed by atoms with Gasteiger partial charge in [0.25, 0.3) is 0 Å². The Labute approximate surface area is 199 Å². The number of hydrogen-bond donors (Lipinski definition) is 1. The lowest BCUT2D eigenvalue weighted by Gasteiger charge is -2.12. The van der Waals surface area contributed by atoms with Gasteiger partial charge in [-0.05, 0) is 53.6 Å². The van der Waals surface area contributed by atoms with Gasteiger partial charge in [-0.15, -0.1) is 0 Å². The standard InChI is InChI=1S/C17H16N4O.C8H7BrN2/c1-20-15-5-3-11(7-13(15)9-18-20)17(22)12-4-6-16-14(8-12)10-19-21(16)2;1-11-8-3-2-7(9)4-6(8)5-10-11/h3-10,17,22H,1-2H3;2-5H,1H3. The molecule has 8 heteroatoms. The molecule has 0 aliphatic heterocycles. The highest BCUT2D eigenvalue weighted by atomic mass is 79.9. The van der Waals surface area contributed by atoms with E-state index >= 15 is 0 Å². The summed E-state index contributed by atoms with van der Waals surface area (Å²) < 4.78 is 6.61. The second-order valence-electron chi connectivity index (χ2n) is 8.05. The summed E-state index contributed by atoms with van der Waals surface area (Å²) in [7, 11) is 5.76. The molecule has 0 bridgehead atoms. The van der Waals surface area contributed by atoms with Crippen molar-refractivity contribution in [1.82, 2.24) is 29.3 Å². The topological polar surface area (TPSA) is 73.7 Å². The lowest BCUT2D eigenvalue weighted by molar-refractivity contribution is 0.220. The van der Waals surface area contributed by atoms with Crippen LogP contribution in [0.1, 0.15) is 17.2 Å². The van der Waals surface area contributed by atoms with E-state index in [9.17, 15) is 5.11 Å². The minimum absolute atomic E-state index is 0.658. The zero-order valence-electron chi connectivity index (χ0n) is 18.5. The molecule has 3 aromatic heterocycles. The van der Waals surface area contributed by atoms with Crippen molar-refractivity contribution in [1.29, 1.82) is 0 Å². The molecule has 0 aliphatic carbocycles. The number of rotatable bonds is 2. The maximum Gasteiger partial charge on any atom is 0.104 e. The quantitative estimate of drug-likeness (QED) is 0.366. The van der Waals surface area contributed by atoms with E-state index in [0.717, 1.165) is 42.9 Å². The Morgan fingerprint density at radius 1 is 0.636 bits per heavy atom. The molecule has 6 aromatic rings.